The standard InChI is InChI=1S/C15H17F2NO/c1-3-13(18-4-2)15-8-7-14(19-15)11-6-5-10(16)9-12(11)17/h5-9,13,18H,3-4H2,1-2H3. The van der Waals surface area contributed by atoms with E-state index in [1.807, 2.05) is 19.9 Å². The van der Waals surface area contributed by atoms with Gasteiger partial charge in [-0.2, -0.15) is 0 Å². The van der Waals surface area contributed by atoms with Gasteiger partial charge in [-0.25, -0.2) is 8.78 Å². The molecular weight excluding hydrogens is 248 g/mol. The van der Waals surface area contributed by atoms with Gasteiger partial charge in [0.05, 0.1) is 11.6 Å². The first-order chi connectivity index (χ1) is 9.15. The van der Waals surface area contributed by atoms with Crippen molar-refractivity contribution in [2.45, 2.75) is 26.3 Å². The number of benzene rings is 1. The largest absolute Gasteiger partial charge is 0.459 e. The molecule has 0 aliphatic rings. The molecule has 2 rings (SSSR count). The number of hydrogen-bond acceptors (Lipinski definition) is 2. The molecule has 0 fully saturated rings. The summed E-state index contributed by atoms with van der Waals surface area (Å²) in [7, 11) is 0. The predicted molar refractivity (Wildman–Crippen MR) is 70.8 cm³/mol. The topological polar surface area (TPSA) is 25.2 Å². The Labute approximate surface area is 111 Å². The van der Waals surface area contributed by atoms with Gasteiger partial charge in [0.2, 0.25) is 0 Å². The van der Waals surface area contributed by atoms with Crippen LogP contribution in [0.4, 0.5) is 8.78 Å². The summed E-state index contributed by atoms with van der Waals surface area (Å²) < 4.78 is 32.2. The minimum atomic E-state index is -0.614. The van der Waals surface area contributed by atoms with E-state index in [0.717, 1.165) is 24.8 Å². The van der Waals surface area contributed by atoms with E-state index in [2.05, 4.69) is 5.32 Å². The summed E-state index contributed by atoms with van der Waals surface area (Å²) >= 11 is 0. The van der Waals surface area contributed by atoms with Gasteiger partial charge in [0.15, 0.2) is 0 Å². The van der Waals surface area contributed by atoms with E-state index in [-0.39, 0.29) is 11.6 Å². The zero-order valence-electron chi connectivity index (χ0n) is 11.0. The van der Waals surface area contributed by atoms with Crippen molar-refractivity contribution in [1.29, 1.82) is 0 Å². The smallest absolute Gasteiger partial charge is 0.137 e. The monoisotopic (exact) mass is 265 g/mol. The average Bonchev–Trinajstić information content (AvgIpc) is 2.85. The van der Waals surface area contributed by atoms with Crippen LogP contribution in [0.2, 0.25) is 0 Å². The molecule has 2 nitrogen and oxygen atoms in total. The van der Waals surface area contributed by atoms with Crippen LogP contribution in [0.15, 0.2) is 34.7 Å². The molecule has 1 atom stereocenters. The van der Waals surface area contributed by atoms with Crippen LogP contribution < -0.4 is 5.32 Å². The van der Waals surface area contributed by atoms with Crippen LogP contribution in [0.25, 0.3) is 11.3 Å². The lowest BCUT2D eigenvalue weighted by atomic mass is 10.1. The van der Waals surface area contributed by atoms with Crippen molar-refractivity contribution in [2.24, 2.45) is 0 Å². The Morgan fingerprint density at radius 2 is 1.95 bits per heavy atom. The molecule has 19 heavy (non-hydrogen) atoms. The Hall–Kier alpha value is -1.68. The molecule has 4 heteroatoms. The fourth-order valence-corrected chi connectivity index (χ4v) is 2.07. The second-order valence-corrected chi connectivity index (χ2v) is 4.34. The zero-order chi connectivity index (χ0) is 13.8. The molecule has 0 spiro atoms. The number of halogens is 2. The van der Waals surface area contributed by atoms with Crippen molar-refractivity contribution in [3.63, 3.8) is 0 Å². The lowest BCUT2D eigenvalue weighted by molar-refractivity contribution is 0.416. The maximum atomic E-state index is 13.7. The summed E-state index contributed by atoms with van der Waals surface area (Å²) in [6, 6.07) is 7.13. The summed E-state index contributed by atoms with van der Waals surface area (Å²) in [5.74, 6) is -0.0172. The molecule has 1 aromatic carbocycles. The number of nitrogens with one attached hydrogen (secondary N) is 1. The highest BCUT2D eigenvalue weighted by Gasteiger charge is 2.15. The highest BCUT2D eigenvalue weighted by Crippen LogP contribution is 2.28. The molecule has 1 unspecified atom stereocenters. The first-order valence-corrected chi connectivity index (χ1v) is 6.44. The molecule has 2 aromatic rings. The fraction of sp³-hybridized carbons (Fsp3) is 0.333. The Balaban J connectivity index is 2.29. The maximum Gasteiger partial charge on any atom is 0.137 e. The molecule has 0 aliphatic heterocycles. The number of rotatable bonds is 5. The molecule has 102 valence electrons. The van der Waals surface area contributed by atoms with E-state index in [0.29, 0.717) is 5.76 Å². The number of furan rings is 1. The summed E-state index contributed by atoms with van der Waals surface area (Å²) in [5.41, 5.74) is 0.277. The molecule has 0 amide bonds. The van der Waals surface area contributed by atoms with E-state index < -0.39 is 11.6 Å². The molecule has 0 bridgehead atoms. The SMILES string of the molecule is CCNC(CC)c1ccc(-c2ccc(F)cc2F)o1. The quantitative estimate of drug-likeness (QED) is 0.872. The lowest BCUT2D eigenvalue weighted by Gasteiger charge is -2.12. The number of hydrogen-bond donors (Lipinski definition) is 1. The van der Waals surface area contributed by atoms with Crippen molar-refractivity contribution in [3.8, 4) is 11.3 Å². The van der Waals surface area contributed by atoms with E-state index in [1.54, 1.807) is 6.07 Å². The average molecular weight is 265 g/mol. The van der Waals surface area contributed by atoms with Gasteiger partial charge in [-0.05, 0) is 37.2 Å². The first-order valence-electron chi connectivity index (χ1n) is 6.44. The van der Waals surface area contributed by atoms with Crippen LogP contribution in [-0.4, -0.2) is 6.54 Å². The summed E-state index contributed by atoms with van der Waals surface area (Å²) in [5, 5.41) is 3.29. The third-order valence-corrected chi connectivity index (χ3v) is 3.03. The summed E-state index contributed by atoms with van der Waals surface area (Å²) in [4.78, 5) is 0. The van der Waals surface area contributed by atoms with E-state index >= 15 is 0 Å². The maximum absolute atomic E-state index is 13.7. The lowest BCUT2D eigenvalue weighted by Crippen LogP contribution is -2.19. The summed E-state index contributed by atoms with van der Waals surface area (Å²) in [6.07, 6.45) is 0.882. The molecule has 0 saturated carbocycles. The first kappa shape index (κ1) is 13.7. The van der Waals surface area contributed by atoms with Gasteiger partial charge in [0.25, 0.3) is 0 Å². The second kappa shape index (κ2) is 5.97. The Kier molecular flexibility index (Phi) is 4.32. The summed E-state index contributed by atoms with van der Waals surface area (Å²) in [6.45, 7) is 4.90. The van der Waals surface area contributed by atoms with Gasteiger partial charge >= 0.3 is 0 Å². The molecule has 1 heterocycles. The van der Waals surface area contributed by atoms with Crippen LogP contribution >= 0.6 is 0 Å². The van der Waals surface area contributed by atoms with E-state index in [4.69, 9.17) is 4.42 Å². The predicted octanol–water partition coefficient (Wildman–Crippen LogP) is 4.29. The molecule has 1 N–H and O–H groups in total. The zero-order valence-corrected chi connectivity index (χ0v) is 11.0. The third kappa shape index (κ3) is 3.01. The van der Waals surface area contributed by atoms with Crippen molar-refractivity contribution in [3.05, 3.63) is 47.7 Å². The van der Waals surface area contributed by atoms with Gasteiger partial charge in [-0.1, -0.05) is 13.8 Å². The van der Waals surface area contributed by atoms with Crippen molar-refractivity contribution in [2.75, 3.05) is 6.54 Å². The van der Waals surface area contributed by atoms with Crippen molar-refractivity contribution >= 4 is 0 Å². The molecule has 0 aliphatic carbocycles. The minimum absolute atomic E-state index is 0.113. The molecular formula is C15H17F2NO. The highest BCUT2D eigenvalue weighted by atomic mass is 19.1. The van der Waals surface area contributed by atoms with Crippen LogP contribution in [0.5, 0.6) is 0 Å². The van der Waals surface area contributed by atoms with Gasteiger partial charge in [0, 0.05) is 6.07 Å². The van der Waals surface area contributed by atoms with E-state index in [1.165, 1.54) is 12.1 Å². The van der Waals surface area contributed by atoms with Crippen LogP contribution in [0.3, 0.4) is 0 Å². The Morgan fingerprint density at radius 1 is 1.16 bits per heavy atom. The molecule has 1 aromatic heterocycles. The second-order valence-electron chi connectivity index (χ2n) is 4.34. The Morgan fingerprint density at radius 3 is 2.58 bits per heavy atom. The fourth-order valence-electron chi connectivity index (χ4n) is 2.07. The highest BCUT2D eigenvalue weighted by molar-refractivity contribution is 5.58. The van der Waals surface area contributed by atoms with Crippen LogP contribution in [0, 0.1) is 11.6 Å². The van der Waals surface area contributed by atoms with E-state index in [9.17, 15) is 8.78 Å². The minimum Gasteiger partial charge on any atom is -0.459 e. The van der Waals surface area contributed by atoms with Crippen molar-refractivity contribution < 1.29 is 13.2 Å². The van der Waals surface area contributed by atoms with Gasteiger partial charge in [0.1, 0.15) is 23.2 Å². The molecule has 0 radical (unpaired) electrons. The van der Waals surface area contributed by atoms with Gasteiger partial charge < -0.3 is 9.73 Å². The van der Waals surface area contributed by atoms with Crippen LogP contribution in [-0.2, 0) is 0 Å². The van der Waals surface area contributed by atoms with Crippen LogP contribution in [0.1, 0.15) is 32.1 Å². The Bertz CT molecular complexity index is 551. The normalized spacial score (nSPS) is 12.6. The molecule has 0 saturated heterocycles. The van der Waals surface area contributed by atoms with Gasteiger partial charge in [-0.15, -0.1) is 0 Å². The van der Waals surface area contributed by atoms with Crippen molar-refractivity contribution in [1.82, 2.24) is 5.32 Å². The third-order valence-electron chi connectivity index (χ3n) is 3.03. The van der Waals surface area contributed by atoms with Gasteiger partial charge in [-0.3, -0.25) is 0 Å².